The second-order valence-electron chi connectivity index (χ2n) is 5.91. The summed E-state index contributed by atoms with van der Waals surface area (Å²) >= 11 is 0. The summed E-state index contributed by atoms with van der Waals surface area (Å²) in [4.78, 5) is 0. The Bertz CT molecular complexity index is 376. The van der Waals surface area contributed by atoms with Gasteiger partial charge in [0.2, 0.25) is 0 Å². The maximum atomic E-state index is 3.73. The van der Waals surface area contributed by atoms with Gasteiger partial charge in [-0.15, -0.1) is 0 Å². The third-order valence-corrected chi connectivity index (χ3v) is 3.68. The van der Waals surface area contributed by atoms with Crippen molar-refractivity contribution in [3.05, 3.63) is 29.3 Å². The van der Waals surface area contributed by atoms with Crippen molar-refractivity contribution in [3.63, 3.8) is 0 Å². The number of hydrogen-bond acceptors (Lipinski definition) is 2. The lowest BCUT2D eigenvalue weighted by Gasteiger charge is -2.37. The van der Waals surface area contributed by atoms with Crippen LogP contribution in [-0.2, 0) is 0 Å². The average molecular weight is 232 g/mol. The minimum absolute atomic E-state index is 0.256. The van der Waals surface area contributed by atoms with Gasteiger partial charge in [-0.05, 0) is 58.2 Å². The van der Waals surface area contributed by atoms with Crippen molar-refractivity contribution in [1.82, 2.24) is 5.32 Å². The normalized spacial score (nSPS) is 23.4. The Kier molecular flexibility index (Phi) is 3.43. The third-order valence-electron chi connectivity index (χ3n) is 3.68. The molecule has 0 spiro atoms. The number of hydrogen-bond donors (Lipinski definition) is 2. The van der Waals surface area contributed by atoms with Gasteiger partial charge in [-0.2, -0.15) is 0 Å². The summed E-state index contributed by atoms with van der Waals surface area (Å²) < 4.78 is 0. The Hall–Kier alpha value is -1.02. The Morgan fingerprint density at radius 1 is 1.24 bits per heavy atom. The standard InChI is InChI=1S/C15H24N2/c1-11-6-5-7-12(2)14(11)17-13-8-9-16-15(3,4)10-13/h5-7,13,16-17H,8-10H2,1-4H3. The van der Waals surface area contributed by atoms with Crippen LogP contribution in [0, 0.1) is 13.8 Å². The topological polar surface area (TPSA) is 24.1 Å². The molecule has 2 nitrogen and oxygen atoms in total. The fraction of sp³-hybridized carbons (Fsp3) is 0.600. The van der Waals surface area contributed by atoms with Crippen LogP contribution in [0.3, 0.4) is 0 Å². The summed E-state index contributed by atoms with van der Waals surface area (Å²) in [7, 11) is 0. The van der Waals surface area contributed by atoms with E-state index in [-0.39, 0.29) is 5.54 Å². The van der Waals surface area contributed by atoms with Gasteiger partial charge in [0.1, 0.15) is 0 Å². The molecule has 1 aliphatic rings. The fourth-order valence-corrected chi connectivity index (χ4v) is 2.74. The van der Waals surface area contributed by atoms with Crippen molar-refractivity contribution < 1.29 is 0 Å². The van der Waals surface area contributed by atoms with Crippen molar-refractivity contribution in [2.45, 2.75) is 52.1 Å². The van der Waals surface area contributed by atoms with Gasteiger partial charge in [-0.3, -0.25) is 0 Å². The molecule has 2 heteroatoms. The van der Waals surface area contributed by atoms with Gasteiger partial charge in [-0.1, -0.05) is 18.2 Å². The molecule has 2 rings (SSSR count). The first-order chi connectivity index (χ1) is 7.98. The van der Waals surface area contributed by atoms with Crippen LogP contribution in [-0.4, -0.2) is 18.1 Å². The molecule has 1 atom stereocenters. The summed E-state index contributed by atoms with van der Waals surface area (Å²) in [5.74, 6) is 0. The first-order valence-electron chi connectivity index (χ1n) is 6.56. The Morgan fingerprint density at radius 2 is 1.88 bits per heavy atom. The SMILES string of the molecule is Cc1cccc(C)c1NC1CCNC(C)(C)C1. The van der Waals surface area contributed by atoms with E-state index in [2.05, 4.69) is 56.5 Å². The number of rotatable bonds is 2. The molecule has 1 fully saturated rings. The molecule has 94 valence electrons. The molecule has 1 saturated heterocycles. The van der Waals surface area contributed by atoms with E-state index in [1.807, 2.05) is 0 Å². The molecule has 1 unspecified atom stereocenters. The van der Waals surface area contributed by atoms with Crippen molar-refractivity contribution in [2.24, 2.45) is 0 Å². The third kappa shape index (κ3) is 3.01. The molecule has 0 radical (unpaired) electrons. The first-order valence-corrected chi connectivity index (χ1v) is 6.56. The lowest BCUT2D eigenvalue weighted by Crippen LogP contribution is -2.50. The van der Waals surface area contributed by atoms with Crippen LogP contribution in [0.5, 0.6) is 0 Å². The van der Waals surface area contributed by atoms with Gasteiger partial charge < -0.3 is 10.6 Å². The molecule has 2 N–H and O–H groups in total. The molecule has 0 saturated carbocycles. The van der Waals surface area contributed by atoms with E-state index >= 15 is 0 Å². The van der Waals surface area contributed by atoms with E-state index < -0.39 is 0 Å². The molecule has 1 aliphatic heterocycles. The number of para-hydroxylation sites is 1. The highest BCUT2D eigenvalue weighted by atomic mass is 15.0. The number of aryl methyl sites for hydroxylation is 2. The van der Waals surface area contributed by atoms with E-state index in [0.29, 0.717) is 6.04 Å². The smallest absolute Gasteiger partial charge is 0.0401 e. The van der Waals surface area contributed by atoms with Crippen LogP contribution < -0.4 is 10.6 Å². The van der Waals surface area contributed by atoms with E-state index in [1.54, 1.807) is 0 Å². The number of anilines is 1. The largest absolute Gasteiger partial charge is 0.382 e. The van der Waals surface area contributed by atoms with E-state index in [1.165, 1.54) is 29.7 Å². The molecular weight excluding hydrogens is 208 g/mol. The summed E-state index contributed by atoms with van der Waals surface area (Å²) in [6, 6.07) is 7.08. The number of nitrogens with one attached hydrogen (secondary N) is 2. The zero-order chi connectivity index (χ0) is 12.5. The monoisotopic (exact) mass is 232 g/mol. The lowest BCUT2D eigenvalue weighted by molar-refractivity contribution is 0.286. The van der Waals surface area contributed by atoms with Crippen LogP contribution >= 0.6 is 0 Å². The maximum Gasteiger partial charge on any atom is 0.0401 e. The highest BCUT2D eigenvalue weighted by molar-refractivity contribution is 5.57. The highest BCUT2D eigenvalue weighted by Crippen LogP contribution is 2.25. The van der Waals surface area contributed by atoms with E-state index in [0.717, 1.165) is 6.54 Å². The van der Waals surface area contributed by atoms with Gasteiger partial charge in [0.05, 0.1) is 0 Å². The van der Waals surface area contributed by atoms with Crippen molar-refractivity contribution in [1.29, 1.82) is 0 Å². The van der Waals surface area contributed by atoms with Crippen LogP contribution in [0.2, 0.25) is 0 Å². The average Bonchev–Trinajstić information content (AvgIpc) is 2.22. The second kappa shape index (κ2) is 4.69. The zero-order valence-corrected chi connectivity index (χ0v) is 11.4. The van der Waals surface area contributed by atoms with Gasteiger partial charge in [0, 0.05) is 17.3 Å². The minimum Gasteiger partial charge on any atom is -0.382 e. The summed E-state index contributed by atoms with van der Waals surface area (Å²) in [5.41, 5.74) is 4.28. The Balaban J connectivity index is 2.10. The number of piperidine rings is 1. The van der Waals surface area contributed by atoms with Crippen molar-refractivity contribution in [2.75, 3.05) is 11.9 Å². The van der Waals surface area contributed by atoms with E-state index in [9.17, 15) is 0 Å². The number of benzene rings is 1. The highest BCUT2D eigenvalue weighted by Gasteiger charge is 2.27. The predicted octanol–water partition coefficient (Wildman–Crippen LogP) is 3.25. The lowest BCUT2D eigenvalue weighted by atomic mass is 9.89. The minimum atomic E-state index is 0.256. The molecule has 17 heavy (non-hydrogen) atoms. The Labute approximate surface area is 105 Å². The molecular formula is C15H24N2. The zero-order valence-electron chi connectivity index (χ0n) is 11.4. The Morgan fingerprint density at radius 3 is 2.47 bits per heavy atom. The molecule has 0 amide bonds. The maximum absolute atomic E-state index is 3.73. The van der Waals surface area contributed by atoms with Crippen LogP contribution in [0.4, 0.5) is 5.69 Å². The summed E-state index contributed by atoms with van der Waals surface area (Å²) in [5, 5.41) is 7.30. The van der Waals surface area contributed by atoms with Gasteiger partial charge >= 0.3 is 0 Å². The molecule has 1 aromatic rings. The fourth-order valence-electron chi connectivity index (χ4n) is 2.74. The van der Waals surface area contributed by atoms with Crippen molar-refractivity contribution in [3.8, 4) is 0 Å². The van der Waals surface area contributed by atoms with E-state index in [4.69, 9.17) is 0 Å². The molecule has 1 heterocycles. The first kappa shape index (κ1) is 12.4. The van der Waals surface area contributed by atoms with Crippen LogP contribution in [0.1, 0.15) is 37.8 Å². The van der Waals surface area contributed by atoms with Crippen molar-refractivity contribution >= 4 is 5.69 Å². The quantitative estimate of drug-likeness (QED) is 0.818. The summed E-state index contributed by atoms with van der Waals surface area (Å²) in [6.07, 6.45) is 2.39. The molecule has 1 aromatic carbocycles. The van der Waals surface area contributed by atoms with Crippen LogP contribution in [0.25, 0.3) is 0 Å². The van der Waals surface area contributed by atoms with Gasteiger partial charge in [0.25, 0.3) is 0 Å². The molecule has 0 aliphatic carbocycles. The van der Waals surface area contributed by atoms with Gasteiger partial charge in [0.15, 0.2) is 0 Å². The second-order valence-corrected chi connectivity index (χ2v) is 5.91. The molecule has 0 aromatic heterocycles. The van der Waals surface area contributed by atoms with Gasteiger partial charge in [-0.25, -0.2) is 0 Å². The molecule has 0 bridgehead atoms. The van der Waals surface area contributed by atoms with Crippen LogP contribution in [0.15, 0.2) is 18.2 Å². The summed E-state index contributed by atoms with van der Waals surface area (Å²) in [6.45, 7) is 10.0. The predicted molar refractivity (Wildman–Crippen MR) is 74.6 cm³/mol.